The normalized spacial score (nSPS) is 27.5. The second-order valence-corrected chi connectivity index (χ2v) is 6.83. The third-order valence-corrected chi connectivity index (χ3v) is 4.94. The molecule has 4 heteroatoms. The van der Waals surface area contributed by atoms with E-state index in [0.29, 0.717) is 0 Å². The Kier molecular flexibility index (Phi) is 2.57. The molecule has 2 unspecified atom stereocenters. The molecule has 2 aliphatic heterocycles. The summed E-state index contributed by atoms with van der Waals surface area (Å²) < 4.78 is 12.0. The summed E-state index contributed by atoms with van der Waals surface area (Å²) >= 11 is 0. The van der Waals surface area contributed by atoms with E-state index in [1.165, 1.54) is 11.1 Å². The molecular weight excluding hydrogens is 268 g/mol. The van der Waals surface area contributed by atoms with Gasteiger partial charge in [-0.05, 0) is 32.8 Å². The van der Waals surface area contributed by atoms with E-state index in [1.54, 1.807) is 0 Å². The topological polar surface area (TPSA) is 55.8 Å². The van der Waals surface area contributed by atoms with Gasteiger partial charge in [-0.1, -0.05) is 0 Å². The summed E-state index contributed by atoms with van der Waals surface area (Å²) in [6.07, 6.45) is 4.15. The molecule has 21 heavy (non-hydrogen) atoms. The van der Waals surface area contributed by atoms with E-state index in [2.05, 4.69) is 19.9 Å². The van der Waals surface area contributed by atoms with Crippen molar-refractivity contribution < 1.29 is 19.4 Å². The van der Waals surface area contributed by atoms with Gasteiger partial charge in [0.05, 0.1) is 6.42 Å². The number of aliphatic carboxylic acids is 1. The first kappa shape index (κ1) is 13.0. The molecule has 1 aromatic carbocycles. The highest BCUT2D eigenvalue weighted by Crippen LogP contribution is 2.59. The van der Waals surface area contributed by atoms with Crippen molar-refractivity contribution in [1.29, 1.82) is 0 Å². The largest absolute Gasteiger partial charge is 0.490 e. The Morgan fingerprint density at radius 2 is 2.00 bits per heavy atom. The molecule has 1 fully saturated rings. The first-order valence-corrected chi connectivity index (χ1v) is 7.73. The second kappa shape index (κ2) is 4.15. The smallest absolute Gasteiger partial charge is 0.304 e. The monoisotopic (exact) mass is 288 g/mol. The van der Waals surface area contributed by atoms with E-state index in [-0.39, 0.29) is 24.0 Å². The Labute approximate surface area is 124 Å². The average Bonchev–Trinajstić information content (AvgIpc) is 2.88. The fourth-order valence-corrected chi connectivity index (χ4v) is 3.94. The van der Waals surface area contributed by atoms with Gasteiger partial charge in [-0.15, -0.1) is 0 Å². The molecule has 2 heterocycles. The van der Waals surface area contributed by atoms with Crippen molar-refractivity contribution in [3.05, 3.63) is 22.8 Å². The molecule has 0 amide bonds. The zero-order valence-corrected chi connectivity index (χ0v) is 12.4. The Morgan fingerprint density at radius 3 is 2.67 bits per heavy atom. The molecule has 0 saturated heterocycles. The van der Waals surface area contributed by atoms with Gasteiger partial charge in [0.1, 0.15) is 23.7 Å². The molecule has 1 N–H and O–H groups in total. The Balaban J connectivity index is 1.88. The van der Waals surface area contributed by atoms with Crippen LogP contribution in [0.3, 0.4) is 0 Å². The number of fused-ring (bicyclic) bond motifs is 2. The summed E-state index contributed by atoms with van der Waals surface area (Å²) in [6.45, 7) is 4.13. The molecule has 2 atom stereocenters. The van der Waals surface area contributed by atoms with Gasteiger partial charge < -0.3 is 14.6 Å². The molecule has 1 aromatic rings. The standard InChI is InChI=1S/C17H20O4/c1-9-5-11-7-13-12(6-10(2)20-13)15(16(11)21-9)17(3-4-17)8-14(18)19/h7,9-10H,3-6,8H2,1-2H3,(H,18,19). The predicted molar refractivity (Wildman–Crippen MR) is 77.2 cm³/mol. The lowest BCUT2D eigenvalue weighted by Gasteiger charge is -2.20. The van der Waals surface area contributed by atoms with Gasteiger partial charge in [0.15, 0.2) is 0 Å². The highest BCUT2D eigenvalue weighted by Gasteiger charge is 2.51. The van der Waals surface area contributed by atoms with Gasteiger partial charge >= 0.3 is 5.97 Å². The van der Waals surface area contributed by atoms with Crippen molar-refractivity contribution in [2.24, 2.45) is 0 Å². The van der Waals surface area contributed by atoms with Crippen molar-refractivity contribution in [3.8, 4) is 11.5 Å². The van der Waals surface area contributed by atoms with Gasteiger partial charge in [-0.3, -0.25) is 4.79 Å². The SMILES string of the molecule is CC1Cc2c(cc3c(c2C2(CC(=O)O)CC2)OC(C)C3)O1. The summed E-state index contributed by atoms with van der Waals surface area (Å²) in [5.74, 6) is 1.18. The number of ether oxygens (including phenoxy) is 2. The van der Waals surface area contributed by atoms with E-state index in [9.17, 15) is 9.90 Å². The molecule has 1 aliphatic carbocycles. The van der Waals surface area contributed by atoms with E-state index in [0.717, 1.165) is 42.7 Å². The lowest BCUT2D eigenvalue weighted by Crippen LogP contribution is -2.17. The summed E-state index contributed by atoms with van der Waals surface area (Å²) in [7, 11) is 0. The van der Waals surface area contributed by atoms with Crippen LogP contribution in [0.2, 0.25) is 0 Å². The minimum atomic E-state index is -0.725. The summed E-state index contributed by atoms with van der Waals surface area (Å²) in [6, 6.07) is 2.11. The number of carboxylic acid groups (broad SMARTS) is 1. The van der Waals surface area contributed by atoms with Crippen molar-refractivity contribution in [2.45, 2.75) is 63.6 Å². The minimum Gasteiger partial charge on any atom is -0.490 e. The van der Waals surface area contributed by atoms with Gasteiger partial charge in [0.2, 0.25) is 0 Å². The Hall–Kier alpha value is -1.71. The fourth-order valence-electron chi connectivity index (χ4n) is 3.94. The number of carbonyl (C=O) groups is 1. The molecule has 3 aliphatic rings. The number of hydrogen-bond acceptors (Lipinski definition) is 3. The van der Waals surface area contributed by atoms with Crippen molar-refractivity contribution in [3.63, 3.8) is 0 Å². The molecule has 0 aromatic heterocycles. The van der Waals surface area contributed by atoms with Crippen LogP contribution in [0.1, 0.15) is 49.8 Å². The van der Waals surface area contributed by atoms with Crippen LogP contribution in [0.4, 0.5) is 0 Å². The molecule has 4 nitrogen and oxygen atoms in total. The van der Waals surface area contributed by atoms with E-state index >= 15 is 0 Å². The molecule has 0 radical (unpaired) electrons. The molecule has 0 bridgehead atoms. The van der Waals surface area contributed by atoms with Gasteiger partial charge in [-0.2, -0.15) is 0 Å². The van der Waals surface area contributed by atoms with E-state index in [1.807, 2.05) is 0 Å². The van der Waals surface area contributed by atoms with Crippen LogP contribution < -0.4 is 9.47 Å². The quantitative estimate of drug-likeness (QED) is 0.929. The zero-order valence-electron chi connectivity index (χ0n) is 12.4. The molecule has 0 spiro atoms. The van der Waals surface area contributed by atoms with Crippen LogP contribution >= 0.6 is 0 Å². The van der Waals surface area contributed by atoms with Crippen LogP contribution in [0, 0.1) is 0 Å². The number of rotatable bonds is 3. The van der Waals surface area contributed by atoms with Gasteiger partial charge in [0, 0.05) is 34.9 Å². The fraction of sp³-hybridized carbons (Fsp3) is 0.588. The molecule has 4 rings (SSSR count). The first-order valence-electron chi connectivity index (χ1n) is 7.73. The summed E-state index contributed by atoms with van der Waals surface area (Å²) in [4.78, 5) is 11.3. The van der Waals surface area contributed by atoms with E-state index in [4.69, 9.17) is 9.47 Å². The van der Waals surface area contributed by atoms with Crippen LogP contribution in [0.5, 0.6) is 11.5 Å². The maximum atomic E-state index is 11.3. The van der Waals surface area contributed by atoms with E-state index < -0.39 is 5.97 Å². The highest BCUT2D eigenvalue weighted by atomic mass is 16.5. The van der Waals surface area contributed by atoms with Crippen molar-refractivity contribution >= 4 is 5.97 Å². The predicted octanol–water partition coefficient (Wildman–Crippen LogP) is 2.84. The highest BCUT2D eigenvalue weighted by molar-refractivity contribution is 5.72. The molecule has 1 saturated carbocycles. The summed E-state index contributed by atoms with van der Waals surface area (Å²) in [5, 5.41) is 9.28. The minimum absolute atomic E-state index is 0.166. The second-order valence-electron chi connectivity index (χ2n) is 6.83. The maximum absolute atomic E-state index is 11.3. The number of carboxylic acids is 1. The van der Waals surface area contributed by atoms with Crippen LogP contribution in [-0.4, -0.2) is 23.3 Å². The average molecular weight is 288 g/mol. The maximum Gasteiger partial charge on any atom is 0.304 e. The third-order valence-electron chi connectivity index (χ3n) is 4.94. The first-order chi connectivity index (χ1) is 9.98. The lowest BCUT2D eigenvalue weighted by atomic mass is 9.84. The van der Waals surface area contributed by atoms with Crippen molar-refractivity contribution in [1.82, 2.24) is 0 Å². The molecular formula is C17H20O4. The summed E-state index contributed by atoms with van der Waals surface area (Å²) in [5.41, 5.74) is 3.29. The van der Waals surface area contributed by atoms with Gasteiger partial charge in [-0.25, -0.2) is 0 Å². The van der Waals surface area contributed by atoms with Crippen LogP contribution in [0.25, 0.3) is 0 Å². The van der Waals surface area contributed by atoms with Crippen LogP contribution in [0.15, 0.2) is 6.07 Å². The van der Waals surface area contributed by atoms with Gasteiger partial charge in [0.25, 0.3) is 0 Å². The Morgan fingerprint density at radius 1 is 1.29 bits per heavy atom. The van der Waals surface area contributed by atoms with Crippen LogP contribution in [-0.2, 0) is 23.1 Å². The molecule has 112 valence electrons. The van der Waals surface area contributed by atoms with Crippen molar-refractivity contribution in [2.75, 3.05) is 0 Å². The third kappa shape index (κ3) is 1.92. The Bertz CT molecular complexity index is 594. The number of hydrogen-bond donors (Lipinski definition) is 1. The zero-order chi connectivity index (χ0) is 14.8. The number of benzene rings is 1. The lowest BCUT2D eigenvalue weighted by molar-refractivity contribution is -0.137.